The van der Waals surface area contributed by atoms with Gasteiger partial charge in [0.15, 0.2) is 0 Å². The van der Waals surface area contributed by atoms with E-state index in [0.717, 1.165) is 0 Å². The van der Waals surface area contributed by atoms with Gasteiger partial charge in [-0.1, -0.05) is 39.5 Å². The Labute approximate surface area is 89.3 Å². The van der Waals surface area contributed by atoms with Gasteiger partial charge in [-0.15, -0.1) is 0 Å². The highest BCUT2D eigenvalue weighted by Crippen LogP contribution is 2.09. The van der Waals surface area contributed by atoms with Crippen LogP contribution in [-0.4, -0.2) is 11.5 Å². The fourth-order valence-corrected chi connectivity index (χ4v) is 2.03. The fraction of sp³-hybridized carbons (Fsp3) is 1.00. The SMILES string of the molecule is CCCCCSCCCCC.[S]. The Balaban J connectivity index is 0. The van der Waals surface area contributed by atoms with Gasteiger partial charge in [0.1, 0.15) is 0 Å². The summed E-state index contributed by atoms with van der Waals surface area (Å²) in [6, 6.07) is 0. The molecular weight excluding hydrogens is 184 g/mol. The van der Waals surface area contributed by atoms with Crippen LogP contribution < -0.4 is 0 Å². The second kappa shape index (κ2) is 14.2. The number of unbranched alkanes of at least 4 members (excludes halogenated alkanes) is 4. The molecule has 0 aliphatic carbocycles. The van der Waals surface area contributed by atoms with Crippen molar-refractivity contribution in [3.8, 4) is 0 Å². The van der Waals surface area contributed by atoms with Gasteiger partial charge in [-0.25, -0.2) is 0 Å². The Morgan fingerprint density at radius 1 is 0.750 bits per heavy atom. The molecule has 0 unspecified atom stereocenters. The fourth-order valence-electron chi connectivity index (χ4n) is 1.01. The molecule has 0 fully saturated rings. The summed E-state index contributed by atoms with van der Waals surface area (Å²) in [6.07, 6.45) is 8.40. The van der Waals surface area contributed by atoms with Gasteiger partial charge in [0.25, 0.3) is 0 Å². The molecule has 0 aromatic heterocycles. The molecule has 0 aromatic rings. The van der Waals surface area contributed by atoms with Crippen LogP contribution in [0.4, 0.5) is 0 Å². The smallest absolute Gasteiger partial charge is 0 e. The predicted octanol–water partition coefficient (Wildman–Crippen LogP) is 4.75. The summed E-state index contributed by atoms with van der Waals surface area (Å²) >= 11 is 2.13. The molecule has 0 aliphatic rings. The van der Waals surface area contributed by atoms with E-state index in [0.29, 0.717) is 0 Å². The Morgan fingerprint density at radius 2 is 1.17 bits per heavy atom. The van der Waals surface area contributed by atoms with Crippen molar-refractivity contribution >= 4 is 25.3 Å². The van der Waals surface area contributed by atoms with E-state index in [1.165, 1.54) is 50.0 Å². The van der Waals surface area contributed by atoms with E-state index in [2.05, 4.69) is 25.6 Å². The van der Waals surface area contributed by atoms with Crippen LogP contribution in [0.1, 0.15) is 52.4 Å². The third-order valence-electron chi connectivity index (χ3n) is 1.78. The van der Waals surface area contributed by atoms with Crippen molar-refractivity contribution in [3.05, 3.63) is 0 Å². The summed E-state index contributed by atoms with van der Waals surface area (Å²) < 4.78 is 0. The highest BCUT2D eigenvalue weighted by atomic mass is 32.2. The molecule has 12 heavy (non-hydrogen) atoms. The third kappa shape index (κ3) is 13.3. The van der Waals surface area contributed by atoms with E-state index in [1.54, 1.807) is 0 Å². The van der Waals surface area contributed by atoms with Gasteiger partial charge in [0, 0.05) is 13.5 Å². The number of hydrogen-bond acceptors (Lipinski definition) is 1. The Morgan fingerprint density at radius 3 is 1.50 bits per heavy atom. The lowest BCUT2D eigenvalue weighted by atomic mass is 10.3. The normalized spacial score (nSPS) is 9.50. The van der Waals surface area contributed by atoms with Crippen LogP contribution in [-0.2, 0) is 0 Å². The molecule has 2 heteroatoms. The maximum absolute atomic E-state index is 2.27. The molecule has 0 aliphatic heterocycles. The average molecular weight is 206 g/mol. The maximum atomic E-state index is 2.27. The minimum absolute atomic E-state index is 0. The topological polar surface area (TPSA) is 0 Å². The van der Waals surface area contributed by atoms with E-state index in [1.807, 2.05) is 0 Å². The molecule has 0 atom stereocenters. The van der Waals surface area contributed by atoms with Gasteiger partial charge in [0.05, 0.1) is 0 Å². The molecular formula is C10H22S2. The maximum Gasteiger partial charge on any atom is 0 e. The zero-order valence-corrected chi connectivity index (χ0v) is 10.1. The number of hydrogen-bond donors (Lipinski definition) is 0. The molecule has 0 bridgehead atoms. The largest absolute Gasteiger partial charge is 0.162 e. The summed E-state index contributed by atoms with van der Waals surface area (Å²) in [5.74, 6) is 2.77. The van der Waals surface area contributed by atoms with Crippen LogP contribution in [0.3, 0.4) is 0 Å². The summed E-state index contributed by atoms with van der Waals surface area (Å²) in [4.78, 5) is 0. The van der Waals surface area contributed by atoms with Crippen molar-refractivity contribution in [3.63, 3.8) is 0 Å². The quantitative estimate of drug-likeness (QED) is 0.517. The molecule has 0 nitrogen and oxygen atoms in total. The van der Waals surface area contributed by atoms with Crippen molar-refractivity contribution in [2.45, 2.75) is 52.4 Å². The monoisotopic (exact) mass is 206 g/mol. The van der Waals surface area contributed by atoms with Crippen molar-refractivity contribution in [2.75, 3.05) is 11.5 Å². The van der Waals surface area contributed by atoms with Gasteiger partial charge >= 0.3 is 0 Å². The van der Waals surface area contributed by atoms with E-state index in [-0.39, 0.29) is 13.5 Å². The van der Waals surface area contributed by atoms with Gasteiger partial charge in [0.2, 0.25) is 0 Å². The Hall–Kier alpha value is 0.700. The first-order chi connectivity index (χ1) is 5.41. The minimum atomic E-state index is 0. The second-order valence-corrected chi connectivity index (χ2v) is 4.25. The lowest BCUT2D eigenvalue weighted by molar-refractivity contribution is 0.768. The van der Waals surface area contributed by atoms with Gasteiger partial charge in [-0.3, -0.25) is 0 Å². The van der Waals surface area contributed by atoms with Crippen molar-refractivity contribution in [1.29, 1.82) is 0 Å². The first-order valence-corrected chi connectivity index (χ1v) is 6.15. The first kappa shape index (κ1) is 15.2. The summed E-state index contributed by atoms with van der Waals surface area (Å²) in [6.45, 7) is 4.53. The van der Waals surface area contributed by atoms with Crippen LogP contribution in [0.25, 0.3) is 0 Å². The van der Waals surface area contributed by atoms with Crippen molar-refractivity contribution in [2.24, 2.45) is 0 Å². The highest BCUT2D eigenvalue weighted by Gasteiger charge is 1.88. The molecule has 0 rings (SSSR count). The molecule has 2 radical (unpaired) electrons. The summed E-state index contributed by atoms with van der Waals surface area (Å²) in [5, 5.41) is 0. The zero-order chi connectivity index (χ0) is 8.36. The van der Waals surface area contributed by atoms with E-state index < -0.39 is 0 Å². The van der Waals surface area contributed by atoms with Crippen LogP contribution in [0, 0.1) is 0 Å². The summed E-state index contributed by atoms with van der Waals surface area (Å²) in [5.41, 5.74) is 0. The predicted molar refractivity (Wildman–Crippen MR) is 64.0 cm³/mol. The highest BCUT2D eigenvalue weighted by molar-refractivity contribution is 7.99. The van der Waals surface area contributed by atoms with Crippen LogP contribution in [0.15, 0.2) is 0 Å². The Kier molecular flexibility index (Phi) is 18.0. The van der Waals surface area contributed by atoms with Gasteiger partial charge in [-0.05, 0) is 24.3 Å². The lowest BCUT2D eigenvalue weighted by Gasteiger charge is -1.99. The third-order valence-corrected chi connectivity index (χ3v) is 2.94. The standard InChI is InChI=1S/C10H22S.S/c1-3-5-7-9-11-10-8-6-4-2;/h3-10H2,1-2H3;. The molecule has 0 N–H and O–H groups in total. The minimum Gasteiger partial charge on any atom is -0.162 e. The number of rotatable bonds is 8. The Bertz CT molecular complexity index is 56.9. The molecule has 0 heterocycles. The van der Waals surface area contributed by atoms with Gasteiger partial charge < -0.3 is 0 Å². The second-order valence-electron chi connectivity index (χ2n) is 3.03. The van der Waals surface area contributed by atoms with E-state index in [4.69, 9.17) is 0 Å². The van der Waals surface area contributed by atoms with E-state index in [9.17, 15) is 0 Å². The molecule has 74 valence electrons. The molecule has 0 spiro atoms. The van der Waals surface area contributed by atoms with Crippen molar-refractivity contribution < 1.29 is 0 Å². The summed E-state index contributed by atoms with van der Waals surface area (Å²) in [7, 11) is 0. The molecule has 0 saturated heterocycles. The molecule has 0 saturated carbocycles. The molecule has 0 aromatic carbocycles. The zero-order valence-electron chi connectivity index (χ0n) is 8.47. The average Bonchev–Trinajstić information content (AvgIpc) is 2.03. The first-order valence-electron chi connectivity index (χ1n) is 4.99. The van der Waals surface area contributed by atoms with Crippen LogP contribution >= 0.6 is 25.3 Å². The number of thioether (sulfide) groups is 1. The lowest BCUT2D eigenvalue weighted by Crippen LogP contribution is -1.83. The van der Waals surface area contributed by atoms with Gasteiger partial charge in [-0.2, -0.15) is 11.8 Å². The molecule has 0 amide bonds. The van der Waals surface area contributed by atoms with Crippen LogP contribution in [0.5, 0.6) is 0 Å². The van der Waals surface area contributed by atoms with Crippen LogP contribution in [0.2, 0.25) is 0 Å². The van der Waals surface area contributed by atoms with Crippen molar-refractivity contribution in [1.82, 2.24) is 0 Å². The van der Waals surface area contributed by atoms with E-state index >= 15 is 0 Å².